The summed E-state index contributed by atoms with van der Waals surface area (Å²) in [4.78, 5) is 11.4. The van der Waals surface area contributed by atoms with Crippen LogP contribution in [-0.4, -0.2) is 27.0 Å². The van der Waals surface area contributed by atoms with E-state index in [0.29, 0.717) is 18.7 Å². The maximum atomic E-state index is 13.9. The van der Waals surface area contributed by atoms with Gasteiger partial charge in [-0.15, -0.1) is 0 Å². The predicted molar refractivity (Wildman–Crippen MR) is 96.3 cm³/mol. The minimum absolute atomic E-state index is 0.222. The van der Waals surface area contributed by atoms with Crippen LogP contribution in [-0.2, 0) is 19.6 Å². The number of carbonyl (C=O) groups excluding carboxylic acids is 1. The van der Waals surface area contributed by atoms with Crippen molar-refractivity contribution in [2.45, 2.75) is 23.8 Å². The number of benzene rings is 2. The first-order chi connectivity index (χ1) is 12.4. The Balaban J connectivity index is 1.70. The molecule has 1 unspecified atom stereocenters. The van der Waals surface area contributed by atoms with E-state index in [1.807, 2.05) is 0 Å². The molecule has 1 amide bonds. The summed E-state index contributed by atoms with van der Waals surface area (Å²) in [5, 5.41) is 2.43. The number of hydrogen-bond donors (Lipinski definition) is 2. The molecule has 26 heavy (non-hydrogen) atoms. The smallest absolute Gasteiger partial charge is 0.264 e. The number of nitrogens with one attached hydrogen (secondary N) is 2. The molecule has 0 spiro atoms. The molecule has 1 fully saturated rings. The van der Waals surface area contributed by atoms with Crippen LogP contribution in [0, 0.1) is 5.82 Å². The van der Waals surface area contributed by atoms with Crippen LogP contribution < -0.4 is 10.0 Å². The van der Waals surface area contributed by atoms with Crippen LogP contribution in [0.25, 0.3) is 0 Å². The summed E-state index contributed by atoms with van der Waals surface area (Å²) in [6, 6.07) is 9.75. The molecule has 3 rings (SSSR count). The van der Waals surface area contributed by atoms with Crippen LogP contribution in [0.1, 0.15) is 12.8 Å². The molecule has 0 radical (unpaired) electrons. The van der Waals surface area contributed by atoms with Gasteiger partial charge in [-0.1, -0.05) is 17.7 Å². The molecule has 6 nitrogen and oxygen atoms in total. The lowest BCUT2D eigenvalue weighted by Gasteiger charge is -2.12. The summed E-state index contributed by atoms with van der Waals surface area (Å²) in [7, 11) is -4.13. The van der Waals surface area contributed by atoms with Crippen LogP contribution in [0.4, 0.5) is 15.8 Å². The number of rotatable bonds is 5. The molecule has 2 aromatic carbocycles. The summed E-state index contributed by atoms with van der Waals surface area (Å²) in [6.07, 6.45) is 1.06. The number of hydrogen-bond acceptors (Lipinski definition) is 4. The molecular formula is C17H16ClFN2O4S. The van der Waals surface area contributed by atoms with Gasteiger partial charge >= 0.3 is 0 Å². The molecule has 1 heterocycles. The Hall–Kier alpha value is -2.16. The topological polar surface area (TPSA) is 84.5 Å². The number of halogens is 2. The lowest BCUT2D eigenvalue weighted by Crippen LogP contribution is -2.26. The van der Waals surface area contributed by atoms with E-state index in [4.69, 9.17) is 16.3 Å². The van der Waals surface area contributed by atoms with Gasteiger partial charge in [0.2, 0.25) is 0 Å². The molecule has 0 aliphatic carbocycles. The lowest BCUT2D eigenvalue weighted by atomic mass is 10.2. The summed E-state index contributed by atoms with van der Waals surface area (Å²) in [6.45, 7) is 0.568. The van der Waals surface area contributed by atoms with E-state index in [1.54, 1.807) is 12.1 Å². The van der Waals surface area contributed by atoms with E-state index in [9.17, 15) is 17.6 Å². The Morgan fingerprint density at radius 3 is 2.50 bits per heavy atom. The maximum absolute atomic E-state index is 13.9. The van der Waals surface area contributed by atoms with Crippen LogP contribution >= 0.6 is 11.6 Å². The average Bonchev–Trinajstić information content (AvgIpc) is 3.13. The van der Waals surface area contributed by atoms with Crippen molar-refractivity contribution in [3.05, 3.63) is 53.3 Å². The van der Waals surface area contributed by atoms with Gasteiger partial charge in [-0.2, -0.15) is 0 Å². The first-order valence-corrected chi connectivity index (χ1v) is 9.72. The molecular weight excluding hydrogens is 383 g/mol. The summed E-state index contributed by atoms with van der Waals surface area (Å²) < 4.78 is 46.1. The maximum Gasteiger partial charge on any atom is 0.264 e. The first kappa shape index (κ1) is 18.6. The highest BCUT2D eigenvalue weighted by molar-refractivity contribution is 7.92. The first-order valence-electron chi connectivity index (χ1n) is 7.86. The summed E-state index contributed by atoms with van der Waals surface area (Å²) in [5.41, 5.74) is 0.724. The number of carbonyl (C=O) groups is 1. The SMILES string of the molecule is O=C(Nc1ccc(NS(=O)(=O)c2cccc(Cl)c2F)cc1)C1CCCO1. The molecule has 2 N–H and O–H groups in total. The normalized spacial score (nSPS) is 17.1. The molecule has 9 heteroatoms. The largest absolute Gasteiger partial charge is 0.368 e. The Morgan fingerprint density at radius 1 is 1.15 bits per heavy atom. The number of amides is 1. The van der Waals surface area contributed by atoms with Crippen molar-refractivity contribution in [3.63, 3.8) is 0 Å². The molecule has 0 aromatic heterocycles. The number of sulfonamides is 1. The standard InChI is InChI=1S/C17H16ClFN2O4S/c18-13-3-1-5-15(16(13)19)26(23,24)21-12-8-6-11(7-9-12)20-17(22)14-4-2-10-25-14/h1,3,5-9,14,21H,2,4,10H2,(H,20,22). The molecule has 138 valence electrons. The van der Waals surface area contributed by atoms with Gasteiger partial charge in [-0.25, -0.2) is 12.8 Å². The third-order valence-corrected chi connectivity index (χ3v) is 5.52. The zero-order valence-electron chi connectivity index (χ0n) is 13.5. The predicted octanol–water partition coefficient (Wildman–Crippen LogP) is 3.40. The van der Waals surface area contributed by atoms with Crippen molar-refractivity contribution in [1.82, 2.24) is 0 Å². The van der Waals surface area contributed by atoms with Crippen LogP contribution in [0.3, 0.4) is 0 Å². The third kappa shape index (κ3) is 4.14. The zero-order chi connectivity index (χ0) is 18.7. The van der Waals surface area contributed by atoms with E-state index >= 15 is 0 Å². The highest BCUT2D eigenvalue weighted by Gasteiger charge is 2.24. The minimum Gasteiger partial charge on any atom is -0.368 e. The van der Waals surface area contributed by atoms with Crippen LogP contribution in [0.2, 0.25) is 5.02 Å². The molecule has 1 aliphatic heterocycles. The fourth-order valence-corrected chi connectivity index (χ4v) is 3.92. The summed E-state index contributed by atoms with van der Waals surface area (Å²) >= 11 is 5.63. The van der Waals surface area contributed by atoms with Gasteiger partial charge in [0.1, 0.15) is 11.0 Å². The van der Waals surface area contributed by atoms with Crippen molar-refractivity contribution >= 4 is 38.9 Å². The highest BCUT2D eigenvalue weighted by Crippen LogP contribution is 2.25. The Bertz CT molecular complexity index is 913. The van der Waals surface area contributed by atoms with Crippen molar-refractivity contribution in [2.24, 2.45) is 0 Å². The lowest BCUT2D eigenvalue weighted by molar-refractivity contribution is -0.124. The van der Waals surface area contributed by atoms with Crippen molar-refractivity contribution in [1.29, 1.82) is 0 Å². The number of anilines is 2. The summed E-state index contributed by atoms with van der Waals surface area (Å²) in [5.74, 6) is -1.25. The highest BCUT2D eigenvalue weighted by atomic mass is 35.5. The van der Waals surface area contributed by atoms with Gasteiger partial charge in [0.05, 0.1) is 5.02 Å². The van der Waals surface area contributed by atoms with Gasteiger partial charge in [0.15, 0.2) is 5.82 Å². The number of ether oxygens (including phenoxy) is 1. The molecule has 1 saturated heterocycles. The van der Waals surface area contributed by atoms with Gasteiger partial charge in [-0.05, 0) is 49.2 Å². The van der Waals surface area contributed by atoms with E-state index in [0.717, 1.165) is 12.5 Å². The van der Waals surface area contributed by atoms with E-state index in [1.165, 1.54) is 24.3 Å². The van der Waals surface area contributed by atoms with Gasteiger partial charge < -0.3 is 10.1 Å². The van der Waals surface area contributed by atoms with Gasteiger partial charge in [0.25, 0.3) is 15.9 Å². The third-order valence-electron chi connectivity index (χ3n) is 3.83. The van der Waals surface area contributed by atoms with Crippen LogP contribution in [0.5, 0.6) is 0 Å². The quantitative estimate of drug-likeness (QED) is 0.808. The Kier molecular flexibility index (Phi) is 5.45. The van der Waals surface area contributed by atoms with Crippen molar-refractivity contribution < 1.29 is 22.3 Å². The van der Waals surface area contributed by atoms with Crippen LogP contribution in [0.15, 0.2) is 47.4 Å². The molecule has 1 atom stereocenters. The van der Waals surface area contributed by atoms with E-state index in [-0.39, 0.29) is 16.6 Å². The molecule has 1 aliphatic rings. The fraction of sp³-hybridized carbons (Fsp3) is 0.235. The van der Waals surface area contributed by atoms with Crippen molar-refractivity contribution in [2.75, 3.05) is 16.6 Å². The second-order valence-electron chi connectivity index (χ2n) is 5.73. The van der Waals surface area contributed by atoms with E-state index < -0.39 is 26.8 Å². The molecule has 0 saturated carbocycles. The van der Waals surface area contributed by atoms with Gasteiger partial charge in [-0.3, -0.25) is 9.52 Å². The Labute approximate surface area is 155 Å². The fourth-order valence-electron chi connectivity index (χ4n) is 2.53. The van der Waals surface area contributed by atoms with Gasteiger partial charge in [0, 0.05) is 18.0 Å². The monoisotopic (exact) mass is 398 g/mol. The van der Waals surface area contributed by atoms with Crippen molar-refractivity contribution in [3.8, 4) is 0 Å². The minimum atomic E-state index is -4.13. The molecule has 0 bridgehead atoms. The second kappa shape index (κ2) is 7.61. The van der Waals surface area contributed by atoms with E-state index in [2.05, 4.69) is 10.0 Å². The zero-order valence-corrected chi connectivity index (χ0v) is 15.1. The second-order valence-corrected chi connectivity index (χ2v) is 7.78. The molecule has 2 aromatic rings. The Morgan fingerprint density at radius 2 is 1.85 bits per heavy atom. The average molecular weight is 399 g/mol.